The molecule has 0 aromatic carbocycles. The van der Waals surface area contributed by atoms with Gasteiger partial charge in [0.05, 0.1) is 17.8 Å². The van der Waals surface area contributed by atoms with E-state index in [2.05, 4.69) is 44.8 Å². The first-order valence-corrected chi connectivity index (χ1v) is 7.58. The van der Waals surface area contributed by atoms with Gasteiger partial charge in [-0.05, 0) is 39.0 Å². The summed E-state index contributed by atoms with van der Waals surface area (Å²) < 4.78 is 5.78. The minimum absolute atomic E-state index is 0.00152. The lowest BCUT2D eigenvalue weighted by atomic mass is 9.92. The first-order valence-electron chi connectivity index (χ1n) is 7.58. The number of rotatable bonds is 3. The normalized spacial score (nSPS) is 35.2. The van der Waals surface area contributed by atoms with Gasteiger partial charge in [-0.15, -0.1) is 0 Å². The summed E-state index contributed by atoms with van der Waals surface area (Å²) in [5, 5.41) is 3.50. The maximum absolute atomic E-state index is 12.6. The van der Waals surface area contributed by atoms with Gasteiger partial charge in [-0.25, -0.2) is 0 Å². The zero-order chi connectivity index (χ0) is 14.2. The Kier molecular flexibility index (Phi) is 4.21. The third-order valence-electron chi connectivity index (χ3n) is 4.33. The van der Waals surface area contributed by atoms with Crippen molar-refractivity contribution in [2.75, 3.05) is 6.61 Å². The Morgan fingerprint density at radius 3 is 2.68 bits per heavy atom. The fourth-order valence-electron chi connectivity index (χ4n) is 3.33. The topological polar surface area (TPSA) is 41.6 Å². The second kappa shape index (κ2) is 5.41. The molecule has 0 aromatic heterocycles. The number of carbonyl (C=O) groups excluding carboxylic acids is 1. The van der Waals surface area contributed by atoms with Crippen molar-refractivity contribution in [3.63, 3.8) is 0 Å². The van der Waals surface area contributed by atoms with Crippen molar-refractivity contribution in [2.24, 2.45) is 5.92 Å². The number of hydrogen-bond acceptors (Lipinski definition) is 3. The fraction of sp³-hybridized carbons (Fsp3) is 0.933. The van der Waals surface area contributed by atoms with E-state index in [9.17, 15) is 4.79 Å². The van der Waals surface area contributed by atoms with E-state index in [4.69, 9.17) is 4.74 Å². The molecule has 4 heteroatoms. The molecular weight excluding hydrogens is 240 g/mol. The van der Waals surface area contributed by atoms with Gasteiger partial charge in [0.2, 0.25) is 5.91 Å². The second-order valence-electron chi connectivity index (χ2n) is 6.82. The van der Waals surface area contributed by atoms with Crippen LogP contribution in [0.5, 0.6) is 0 Å². The van der Waals surface area contributed by atoms with Gasteiger partial charge in [-0.1, -0.05) is 20.8 Å². The van der Waals surface area contributed by atoms with Gasteiger partial charge in [-0.2, -0.15) is 0 Å². The minimum Gasteiger partial charge on any atom is -0.375 e. The number of carbonyl (C=O) groups is 1. The zero-order valence-electron chi connectivity index (χ0n) is 12.9. The van der Waals surface area contributed by atoms with Crippen LogP contribution in [-0.2, 0) is 9.53 Å². The maximum Gasteiger partial charge on any atom is 0.241 e. The van der Waals surface area contributed by atoms with Crippen molar-refractivity contribution in [3.05, 3.63) is 0 Å². The highest BCUT2D eigenvalue weighted by atomic mass is 16.5. The van der Waals surface area contributed by atoms with Crippen LogP contribution >= 0.6 is 0 Å². The third-order valence-corrected chi connectivity index (χ3v) is 4.33. The van der Waals surface area contributed by atoms with Crippen LogP contribution in [0, 0.1) is 5.92 Å². The van der Waals surface area contributed by atoms with E-state index in [-0.39, 0.29) is 23.7 Å². The van der Waals surface area contributed by atoms with Crippen LogP contribution in [0.4, 0.5) is 0 Å². The van der Waals surface area contributed by atoms with Crippen molar-refractivity contribution in [1.82, 2.24) is 10.2 Å². The molecule has 110 valence electrons. The molecule has 2 aliphatic heterocycles. The van der Waals surface area contributed by atoms with Gasteiger partial charge >= 0.3 is 0 Å². The molecule has 0 spiro atoms. The largest absolute Gasteiger partial charge is 0.375 e. The summed E-state index contributed by atoms with van der Waals surface area (Å²) in [6, 6.07) is 0.311. The molecule has 0 aromatic rings. The van der Waals surface area contributed by atoms with Crippen LogP contribution in [0.3, 0.4) is 0 Å². The van der Waals surface area contributed by atoms with Crippen molar-refractivity contribution in [2.45, 2.75) is 77.7 Å². The molecule has 0 aliphatic carbocycles. The molecule has 2 aliphatic rings. The maximum atomic E-state index is 12.6. The summed E-state index contributed by atoms with van der Waals surface area (Å²) in [5.41, 5.74) is -0.116. The highest BCUT2D eigenvalue weighted by molar-refractivity contribution is 5.84. The predicted octanol–water partition coefficient (Wildman–Crippen LogP) is 2.14. The van der Waals surface area contributed by atoms with Gasteiger partial charge in [0, 0.05) is 12.6 Å². The first kappa shape index (κ1) is 14.8. The molecule has 2 rings (SSSR count). The molecule has 4 nitrogen and oxygen atoms in total. The minimum atomic E-state index is -0.116. The van der Waals surface area contributed by atoms with Crippen molar-refractivity contribution in [3.8, 4) is 0 Å². The molecule has 1 N–H and O–H groups in total. The van der Waals surface area contributed by atoms with Crippen LogP contribution in [0.25, 0.3) is 0 Å². The van der Waals surface area contributed by atoms with Crippen LogP contribution in [0.15, 0.2) is 0 Å². The van der Waals surface area contributed by atoms with E-state index < -0.39 is 0 Å². The van der Waals surface area contributed by atoms with E-state index in [0.29, 0.717) is 12.0 Å². The molecule has 1 amide bonds. The van der Waals surface area contributed by atoms with E-state index in [0.717, 1.165) is 25.9 Å². The molecule has 19 heavy (non-hydrogen) atoms. The average Bonchev–Trinajstić information content (AvgIpc) is 2.65. The van der Waals surface area contributed by atoms with Gasteiger partial charge < -0.3 is 9.64 Å². The lowest BCUT2D eigenvalue weighted by Gasteiger charge is -2.42. The van der Waals surface area contributed by atoms with Crippen molar-refractivity contribution < 1.29 is 9.53 Å². The highest BCUT2D eigenvalue weighted by Gasteiger charge is 2.45. The van der Waals surface area contributed by atoms with Crippen LogP contribution in [0.2, 0.25) is 0 Å². The molecule has 0 radical (unpaired) electrons. The molecule has 2 heterocycles. The summed E-state index contributed by atoms with van der Waals surface area (Å²) in [5.74, 6) is 0.718. The second-order valence-corrected chi connectivity index (χ2v) is 6.82. The number of nitrogens with zero attached hydrogens (tertiary/aromatic N) is 1. The molecule has 2 fully saturated rings. The van der Waals surface area contributed by atoms with Gasteiger partial charge in [0.1, 0.15) is 0 Å². The van der Waals surface area contributed by atoms with Crippen LogP contribution in [-0.4, -0.2) is 41.3 Å². The lowest BCUT2D eigenvalue weighted by Crippen LogP contribution is -2.52. The monoisotopic (exact) mass is 268 g/mol. The first-order chi connectivity index (χ1) is 8.85. The Hall–Kier alpha value is -0.610. The summed E-state index contributed by atoms with van der Waals surface area (Å²) >= 11 is 0. The Bertz CT molecular complexity index is 341. The smallest absolute Gasteiger partial charge is 0.241 e. The fourth-order valence-corrected chi connectivity index (χ4v) is 3.33. The molecule has 0 bridgehead atoms. The van der Waals surface area contributed by atoms with E-state index in [1.165, 1.54) is 0 Å². The van der Waals surface area contributed by atoms with Gasteiger partial charge in [0.15, 0.2) is 0 Å². The van der Waals surface area contributed by atoms with Gasteiger partial charge in [-0.3, -0.25) is 10.1 Å². The third kappa shape index (κ3) is 2.95. The van der Waals surface area contributed by atoms with Crippen LogP contribution in [0.1, 0.15) is 53.9 Å². The number of hydrogen-bond donors (Lipinski definition) is 1. The highest BCUT2D eigenvalue weighted by Crippen LogP contribution is 2.32. The molecular formula is C15H28N2O2. The molecule has 0 saturated carbocycles. The quantitative estimate of drug-likeness (QED) is 0.852. The average molecular weight is 268 g/mol. The SMILES string of the molecule is CCC1NC(C(C)C)N(C2CCOC(C)(C)C2)C1=O. The lowest BCUT2D eigenvalue weighted by molar-refractivity contribution is -0.140. The number of nitrogens with one attached hydrogen (secondary N) is 1. The summed E-state index contributed by atoms with van der Waals surface area (Å²) in [6.07, 6.45) is 2.93. The molecule has 2 saturated heterocycles. The summed E-state index contributed by atoms with van der Waals surface area (Å²) in [7, 11) is 0. The Morgan fingerprint density at radius 2 is 2.16 bits per heavy atom. The number of ether oxygens (including phenoxy) is 1. The Morgan fingerprint density at radius 1 is 1.47 bits per heavy atom. The van der Waals surface area contributed by atoms with E-state index in [1.807, 2.05) is 0 Å². The summed E-state index contributed by atoms with van der Waals surface area (Å²) in [4.78, 5) is 14.7. The Labute approximate surface area is 116 Å². The van der Waals surface area contributed by atoms with Crippen molar-refractivity contribution >= 4 is 5.91 Å². The standard InChI is InChI=1S/C15H28N2O2/c1-6-12-14(18)17(13(16-12)10(2)3)11-7-8-19-15(4,5)9-11/h10-13,16H,6-9H2,1-5H3. The number of amides is 1. The van der Waals surface area contributed by atoms with E-state index >= 15 is 0 Å². The summed E-state index contributed by atoms with van der Waals surface area (Å²) in [6.45, 7) is 11.4. The zero-order valence-corrected chi connectivity index (χ0v) is 12.9. The van der Waals surface area contributed by atoms with Gasteiger partial charge in [0.25, 0.3) is 0 Å². The van der Waals surface area contributed by atoms with Crippen molar-refractivity contribution in [1.29, 1.82) is 0 Å². The van der Waals surface area contributed by atoms with Crippen LogP contribution < -0.4 is 5.32 Å². The molecule has 3 atom stereocenters. The Balaban J connectivity index is 2.17. The predicted molar refractivity (Wildman–Crippen MR) is 75.7 cm³/mol. The van der Waals surface area contributed by atoms with E-state index in [1.54, 1.807) is 0 Å². The molecule has 3 unspecified atom stereocenters.